The van der Waals surface area contributed by atoms with Gasteiger partial charge in [-0.3, -0.25) is 9.59 Å². The summed E-state index contributed by atoms with van der Waals surface area (Å²) in [6.45, 7) is 0. The molecule has 0 aliphatic rings. The molecule has 0 radical (unpaired) electrons. The van der Waals surface area contributed by atoms with E-state index in [1.54, 1.807) is 0 Å². The van der Waals surface area contributed by atoms with E-state index in [1.165, 1.54) is 12.4 Å². The van der Waals surface area contributed by atoms with Crippen molar-refractivity contribution in [3.63, 3.8) is 0 Å². The normalized spacial score (nSPS) is 11.6. The van der Waals surface area contributed by atoms with Crippen LogP contribution in [-0.2, 0) is 11.2 Å². The summed E-state index contributed by atoms with van der Waals surface area (Å²) < 4.78 is 0. The van der Waals surface area contributed by atoms with Crippen LogP contribution in [0.5, 0.6) is 6.01 Å². The van der Waals surface area contributed by atoms with E-state index in [2.05, 4.69) is 15.3 Å². The molecule has 0 fully saturated rings. The van der Waals surface area contributed by atoms with Crippen molar-refractivity contribution in [2.24, 2.45) is 0 Å². The number of rotatable bonds is 7. The van der Waals surface area contributed by atoms with Gasteiger partial charge in [-0.2, -0.15) is 0 Å². The predicted octanol–water partition coefficient (Wildman–Crippen LogP) is 2.67. The molecular weight excluding hydrogens is 358 g/mol. The number of nitrogens with one attached hydrogen (secondary N) is 1. The first-order chi connectivity index (χ1) is 13.5. The zero-order chi connectivity index (χ0) is 19.9. The van der Waals surface area contributed by atoms with E-state index in [4.69, 9.17) is 10.2 Å². The van der Waals surface area contributed by atoms with Gasteiger partial charge >= 0.3 is 12.0 Å². The molecular formula is C21H19N3O4. The Balaban J connectivity index is 1.70. The molecule has 142 valence electrons. The number of carbonyl (C=O) groups excluding carboxylic acids is 1. The molecule has 0 bridgehead atoms. The molecule has 0 spiro atoms. The van der Waals surface area contributed by atoms with E-state index < -0.39 is 23.9 Å². The smallest absolute Gasteiger partial charge is 0.313 e. The maximum atomic E-state index is 12.3. The van der Waals surface area contributed by atoms with Gasteiger partial charge in [-0.05, 0) is 23.1 Å². The molecule has 3 aromatic rings. The molecule has 2 aromatic carbocycles. The monoisotopic (exact) mass is 377 g/mol. The maximum Gasteiger partial charge on any atom is 0.313 e. The van der Waals surface area contributed by atoms with Gasteiger partial charge in [0, 0.05) is 18.4 Å². The fourth-order valence-electron chi connectivity index (χ4n) is 2.84. The molecule has 1 aromatic heterocycles. The first-order valence-corrected chi connectivity index (χ1v) is 8.69. The summed E-state index contributed by atoms with van der Waals surface area (Å²) in [4.78, 5) is 30.6. The molecule has 0 aliphatic heterocycles. The Morgan fingerprint density at radius 3 is 2.14 bits per heavy atom. The number of carboxylic acids is 1. The first-order valence-electron chi connectivity index (χ1n) is 8.69. The van der Waals surface area contributed by atoms with Crippen molar-refractivity contribution < 1.29 is 19.8 Å². The lowest BCUT2D eigenvalue weighted by Crippen LogP contribution is -2.38. The van der Waals surface area contributed by atoms with Crippen molar-refractivity contribution in [1.29, 1.82) is 0 Å². The number of nitrogens with zero attached hydrogens (tertiary/aromatic N) is 2. The second kappa shape index (κ2) is 8.77. The number of aromatic nitrogens is 2. The van der Waals surface area contributed by atoms with Gasteiger partial charge in [0.25, 0.3) is 5.91 Å². The van der Waals surface area contributed by atoms with Crippen LogP contribution >= 0.6 is 0 Å². The Morgan fingerprint density at radius 1 is 0.929 bits per heavy atom. The fourth-order valence-corrected chi connectivity index (χ4v) is 2.84. The maximum absolute atomic E-state index is 12.3. The standard InChI is InChI=1S/C21H19N3O4/c25-19(26)11-18(24-20(27)17-12-22-21(28)23-13-17)10-14-6-8-16(9-7-14)15-4-2-1-3-5-15/h1-9,12-13,18H,10-11H2,(H,24,27)(H,25,26)(H,22,23,28). The fraction of sp³-hybridized carbons (Fsp3) is 0.143. The van der Waals surface area contributed by atoms with E-state index >= 15 is 0 Å². The third kappa shape index (κ3) is 5.14. The zero-order valence-electron chi connectivity index (χ0n) is 14.9. The van der Waals surface area contributed by atoms with E-state index in [1.807, 2.05) is 54.6 Å². The van der Waals surface area contributed by atoms with Gasteiger partial charge in [0.2, 0.25) is 0 Å². The lowest BCUT2D eigenvalue weighted by atomic mass is 9.99. The molecule has 7 nitrogen and oxygen atoms in total. The molecule has 1 heterocycles. The van der Waals surface area contributed by atoms with E-state index in [0.29, 0.717) is 6.42 Å². The van der Waals surface area contributed by atoms with Crippen LogP contribution in [0.4, 0.5) is 0 Å². The van der Waals surface area contributed by atoms with Crippen molar-refractivity contribution in [1.82, 2.24) is 15.3 Å². The molecule has 0 aliphatic carbocycles. The minimum Gasteiger partial charge on any atom is -0.481 e. The van der Waals surface area contributed by atoms with Crippen LogP contribution in [0.25, 0.3) is 11.1 Å². The topological polar surface area (TPSA) is 112 Å². The SMILES string of the molecule is O=C(O)CC(Cc1ccc(-c2ccccc2)cc1)NC(=O)c1cnc(O)nc1. The van der Waals surface area contributed by atoms with E-state index in [9.17, 15) is 9.59 Å². The largest absolute Gasteiger partial charge is 0.481 e. The number of aliphatic carboxylic acids is 1. The van der Waals surface area contributed by atoms with E-state index in [0.717, 1.165) is 16.7 Å². The van der Waals surface area contributed by atoms with Crippen LogP contribution in [-0.4, -0.2) is 38.1 Å². The molecule has 1 amide bonds. The van der Waals surface area contributed by atoms with Crippen molar-refractivity contribution in [3.05, 3.63) is 78.1 Å². The molecule has 0 saturated carbocycles. The number of aromatic hydroxyl groups is 1. The van der Waals surface area contributed by atoms with Gasteiger partial charge in [-0.25, -0.2) is 9.97 Å². The van der Waals surface area contributed by atoms with Gasteiger partial charge in [0.15, 0.2) is 0 Å². The van der Waals surface area contributed by atoms with Crippen LogP contribution in [0.2, 0.25) is 0 Å². The molecule has 1 unspecified atom stereocenters. The Hall–Kier alpha value is -3.74. The van der Waals surface area contributed by atoms with Gasteiger partial charge in [-0.1, -0.05) is 54.6 Å². The van der Waals surface area contributed by atoms with Crippen molar-refractivity contribution in [2.75, 3.05) is 0 Å². The highest BCUT2D eigenvalue weighted by atomic mass is 16.4. The number of carboxylic acid groups (broad SMARTS) is 1. The highest BCUT2D eigenvalue weighted by Crippen LogP contribution is 2.20. The molecule has 28 heavy (non-hydrogen) atoms. The Labute approximate surface area is 161 Å². The van der Waals surface area contributed by atoms with Gasteiger partial charge in [-0.15, -0.1) is 0 Å². The van der Waals surface area contributed by atoms with Crippen LogP contribution in [0.1, 0.15) is 22.3 Å². The first kappa shape index (κ1) is 19.0. The molecule has 1 atom stereocenters. The van der Waals surface area contributed by atoms with Crippen molar-refractivity contribution >= 4 is 11.9 Å². The van der Waals surface area contributed by atoms with Gasteiger partial charge < -0.3 is 15.5 Å². The average Bonchev–Trinajstić information content (AvgIpc) is 2.69. The number of hydrogen-bond acceptors (Lipinski definition) is 5. The predicted molar refractivity (Wildman–Crippen MR) is 103 cm³/mol. The lowest BCUT2D eigenvalue weighted by molar-refractivity contribution is -0.137. The third-order valence-electron chi connectivity index (χ3n) is 4.20. The Morgan fingerprint density at radius 2 is 1.54 bits per heavy atom. The minimum atomic E-state index is -1.01. The summed E-state index contributed by atoms with van der Waals surface area (Å²) >= 11 is 0. The highest BCUT2D eigenvalue weighted by molar-refractivity contribution is 5.94. The lowest BCUT2D eigenvalue weighted by Gasteiger charge is -2.17. The number of benzene rings is 2. The van der Waals surface area contributed by atoms with Crippen LogP contribution < -0.4 is 5.32 Å². The summed E-state index contributed by atoms with van der Waals surface area (Å²) in [6.07, 6.45) is 2.52. The Kier molecular flexibility index (Phi) is 5.96. The summed E-state index contributed by atoms with van der Waals surface area (Å²) in [5, 5.41) is 21.0. The van der Waals surface area contributed by atoms with Gasteiger partial charge in [0.05, 0.1) is 12.0 Å². The summed E-state index contributed by atoms with van der Waals surface area (Å²) in [5.41, 5.74) is 3.21. The summed E-state index contributed by atoms with van der Waals surface area (Å²) in [7, 11) is 0. The molecule has 3 rings (SSSR count). The number of carbonyl (C=O) groups is 2. The Bertz CT molecular complexity index is 942. The van der Waals surface area contributed by atoms with Crippen molar-refractivity contribution in [3.8, 4) is 17.1 Å². The quantitative estimate of drug-likeness (QED) is 0.583. The van der Waals surface area contributed by atoms with Crippen LogP contribution in [0.3, 0.4) is 0 Å². The second-order valence-electron chi connectivity index (χ2n) is 6.31. The molecule has 0 saturated heterocycles. The second-order valence-corrected chi connectivity index (χ2v) is 6.31. The molecule has 7 heteroatoms. The zero-order valence-corrected chi connectivity index (χ0v) is 14.9. The van der Waals surface area contributed by atoms with Crippen LogP contribution in [0.15, 0.2) is 67.0 Å². The summed E-state index contributed by atoms with van der Waals surface area (Å²) in [6, 6.07) is 16.7. The minimum absolute atomic E-state index is 0.146. The number of hydrogen-bond donors (Lipinski definition) is 3. The average molecular weight is 377 g/mol. The third-order valence-corrected chi connectivity index (χ3v) is 4.20. The number of amides is 1. The summed E-state index contributed by atoms with van der Waals surface area (Å²) in [5.74, 6) is -1.50. The van der Waals surface area contributed by atoms with E-state index in [-0.39, 0.29) is 12.0 Å². The highest BCUT2D eigenvalue weighted by Gasteiger charge is 2.18. The van der Waals surface area contributed by atoms with Crippen molar-refractivity contribution in [2.45, 2.75) is 18.9 Å². The molecule has 3 N–H and O–H groups in total. The van der Waals surface area contributed by atoms with Gasteiger partial charge in [0.1, 0.15) is 0 Å². The van der Waals surface area contributed by atoms with Crippen LogP contribution in [0, 0.1) is 0 Å².